The average molecular weight is 1220 g/mol. The van der Waals surface area contributed by atoms with E-state index in [4.69, 9.17) is 9.47 Å². The van der Waals surface area contributed by atoms with Crippen molar-refractivity contribution in [1.82, 2.24) is 20.4 Å². The number of amides is 4. The molecule has 0 unspecified atom stereocenters. The molecule has 4 amide bonds. The standard InChI is InChI=1S/2C25H24F6N2O3.C6H11BrO2/c2*1-15(16-10-18(24(26,27)28)12-19(11-16)25(29,30)31)36-14-23(17-6-3-2-4-7-17)13-20(22(35)32-23)33-9-5-8-21(33)34;1-2-9-6(8)4-3-5-7/h2*2-4,6-7,10-12,15,20H,5,8-9,13-14H2,1H3,(H,32,35);2-5H2,1H3/t15-,20+,23-;15-,20-,23-;/m11./s1. The Morgan fingerprint density at radius 1 is 0.593 bits per heavy atom. The van der Waals surface area contributed by atoms with Crippen molar-refractivity contribution >= 4 is 45.5 Å². The van der Waals surface area contributed by atoms with Gasteiger partial charge in [-0.3, -0.25) is 24.0 Å². The number of hydrogen-bond acceptors (Lipinski definition) is 8. The van der Waals surface area contributed by atoms with Crippen molar-refractivity contribution in [2.24, 2.45) is 0 Å². The summed E-state index contributed by atoms with van der Waals surface area (Å²) < 4.78 is 176. The Bertz CT molecular complexity index is 2600. The summed E-state index contributed by atoms with van der Waals surface area (Å²) >= 11 is 3.22. The van der Waals surface area contributed by atoms with Gasteiger partial charge in [0.05, 0.1) is 65.4 Å². The van der Waals surface area contributed by atoms with E-state index in [0.717, 1.165) is 11.8 Å². The Hall–Kier alpha value is -6.21. The first-order chi connectivity index (χ1) is 37.9. The number of carbonyl (C=O) groups excluding carboxylic acids is 5. The fourth-order valence-corrected chi connectivity index (χ4v) is 10.2. The van der Waals surface area contributed by atoms with Crippen LogP contribution in [-0.2, 0) is 74.0 Å². The van der Waals surface area contributed by atoms with Gasteiger partial charge in [0, 0.05) is 50.5 Å². The molecule has 0 saturated carbocycles. The summed E-state index contributed by atoms with van der Waals surface area (Å²) in [7, 11) is 0. The van der Waals surface area contributed by atoms with Gasteiger partial charge in [0.1, 0.15) is 12.1 Å². The molecule has 0 aliphatic carbocycles. The second kappa shape index (κ2) is 26.4. The Balaban J connectivity index is 0.000000227. The van der Waals surface area contributed by atoms with Gasteiger partial charge in [-0.2, -0.15) is 52.7 Å². The molecule has 12 nitrogen and oxygen atoms in total. The lowest BCUT2D eigenvalue weighted by atomic mass is 9.87. The first-order valence-electron chi connectivity index (χ1n) is 25.8. The highest BCUT2D eigenvalue weighted by Crippen LogP contribution is 2.43. The Labute approximate surface area is 467 Å². The first kappa shape index (κ1) is 64.0. The summed E-state index contributed by atoms with van der Waals surface area (Å²) in [6.45, 7) is 5.43. The molecule has 0 bridgehead atoms. The normalized spacial score (nSPS) is 22.1. The highest BCUT2D eigenvalue weighted by molar-refractivity contribution is 9.09. The van der Waals surface area contributed by atoms with Gasteiger partial charge in [-0.05, 0) is 98.7 Å². The topological polar surface area (TPSA) is 144 Å². The van der Waals surface area contributed by atoms with Crippen molar-refractivity contribution < 1.29 is 90.9 Å². The maximum atomic E-state index is 13.3. The van der Waals surface area contributed by atoms with Crippen LogP contribution in [0.2, 0.25) is 0 Å². The maximum Gasteiger partial charge on any atom is 0.416 e. The minimum Gasteiger partial charge on any atom is -0.466 e. The van der Waals surface area contributed by atoms with Crippen LogP contribution in [0.4, 0.5) is 52.7 Å². The molecule has 442 valence electrons. The highest BCUT2D eigenvalue weighted by atomic mass is 79.9. The van der Waals surface area contributed by atoms with E-state index in [0.29, 0.717) is 87.2 Å². The number of esters is 1. The number of halogens is 13. The minimum atomic E-state index is -4.98. The molecule has 25 heteroatoms. The van der Waals surface area contributed by atoms with Gasteiger partial charge in [-0.1, -0.05) is 76.6 Å². The zero-order valence-electron chi connectivity index (χ0n) is 44.0. The van der Waals surface area contributed by atoms with E-state index in [9.17, 15) is 76.7 Å². The molecule has 4 aromatic carbocycles. The van der Waals surface area contributed by atoms with Gasteiger partial charge in [-0.15, -0.1) is 0 Å². The second-order valence-electron chi connectivity index (χ2n) is 19.9. The summed E-state index contributed by atoms with van der Waals surface area (Å²) in [6, 6.07) is 18.6. The SMILES string of the molecule is CCOC(=O)CCCBr.C[C@@H](OC[C@@]1(c2ccccc2)C[C@@H](N2CCCC2=O)C(=O)N1)c1cc(C(F)(F)F)cc(C(F)(F)F)c1.C[C@@H](OC[C@@]1(c2ccccc2)C[C@H](N2CCCC2=O)C(=O)N1)c1cc(C(F)(F)F)cc(C(F)(F)F)c1. The Kier molecular flexibility index (Phi) is 20.8. The molecule has 8 rings (SSSR count). The van der Waals surface area contributed by atoms with Crippen LogP contribution in [0.15, 0.2) is 97.1 Å². The lowest BCUT2D eigenvalue weighted by Crippen LogP contribution is -2.43. The number of nitrogens with one attached hydrogen (secondary N) is 2. The van der Waals surface area contributed by atoms with Crippen LogP contribution >= 0.6 is 15.9 Å². The summed E-state index contributed by atoms with van der Waals surface area (Å²) in [5.74, 6) is -1.15. The van der Waals surface area contributed by atoms with Crippen LogP contribution in [0.25, 0.3) is 0 Å². The van der Waals surface area contributed by atoms with Crippen molar-refractivity contribution in [3.63, 3.8) is 0 Å². The second-order valence-corrected chi connectivity index (χ2v) is 20.7. The number of benzene rings is 4. The number of hydrogen-bond donors (Lipinski definition) is 2. The molecule has 4 aliphatic heterocycles. The fraction of sp³-hybridized carbons (Fsp3) is 0.482. The van der Waals surface area contributed by atoms with Gasteiger partial charge >= 0.3 is 30.7 Å². The smallest absolute Gasteiger partial charge is 0.416 e. The van der Waals surface area contributed by atoms with Crippen LogP contribution in [-0.4, -0.2) is 89.7 Å². The maximum absolute atomic E-state index is 13.3. The molecule has 4 saturated heterocycles. The van der Waals surface area contributed by atoms with E-state index >= 15 is 0 Å². The molecule has 0 radical (unpaired) electrons. The molecule has 4 fully saturated rings. The largest absolute Gasteiger partial charge is 0.466 e. The van der Waals surface area contributed by atoms with E-state index in [1.54, 1.807) is 60.7 Å². The Morgan fingerprint density at radius 2 is 0.938 bits per heavy atom. The third-order valence-electron chi connectivity index (χ3n) is 14.2. The third-order valence-corrected chi connectivity index (χ3v) is 14.7. The van der Waals surface area contributed by atoms with E-state index in [1.807, 2.05) is 6.92 Å². The summed E-state index contributed by atoms with van der Waals surface area (Å²) in [4.78, 5) is 63.9. The molecule has 4 aliphatic rings. The molecule has 0 spiro atoms. The zero-order valence-corrected chi connectivity index (χ0v) is 45.6. The fourth-order valence-electron chi connectivity index (χ4n) is 9.94. The van der Waals surface area contributed by atoms with Crippen molar-refractivity contribution in [3.8, 4) is 0 Å². The molecular weight excluding hydrogens is 1160 g/mol. The van der Waals surface area contributed by atoms with E-state index in [-0.39, 0.29) is 78.9 Å². The monoisotopic (exact) mass is 1220 g/mol. The van der Waals surface area contributed by atoms with Crippen LogP contribution in [0, 0.1) is 0 Å². The number of carbonyl (C=O) groups is 5. The number of alkyl halides is 13. The molecule has 81 heavy (non-hydrogen) atoms. The summed E-state index contributed by atoms with van der Waals surface area (Å²) in [6.07, 6.45) is -18.6. The van der Waals surface area contributed by atoms with Crippen molar-refractivity contribution in [1.29, 1.82) is 0 Å². The molecule has 2 N–H and O–H groups in total. The lowest BCUT2D eigenvalue weighted by Gasteiger charge is -2.32. The number of ether oxygens (including phenoxy) is 3. The third kappa shape index (κ3) is 16.3. The van der Waals surface area contributed by atoms with Crippen molar-refractivity contribution in [2.75, 3.05) is 38.2 Å². The number of nitrogens with zero attached hydrogens (tertiary/aromatic N) is 2. The predicted molar refractivity (Wildman–Crippen MR) is 273 cm³/mol. The highest BCUT2D eigenvalue weighted by Gasteiger charge is 2.52. The van der Waals surface area contributed by atoms with Crippen molar-refractivity contribution in [2.45, 2.75) is 132 Å². The number of rotatable bonds is 16. The Morgan fingerprint density at radius 3 is 1.22 bits per heavy atom. The van der Waals surface area contributed by atoms with Crippen LogP contribution in [0.5, 0.6) is 0 Å². The van der Waals surface area contributed by atoms with Crippen LogP contribution in [0.3, 0.4) is 0 Å². The van der Waals surface area contributed by atoms with E-state index < -0.39 is 82.3 Å². The quantitative estimate of drug-likeness (QED) is 0.0641. The van der Waals surface area contributed by atoms with Crippen LogP contribution < -0.4 is 10.6 Å². The van der Waals surface area contributed by atoms with Gasteiger partial charge < -0.3 is 34.6 Å². The van der Waals surface area contributed by atoms with E-state index in [1.165, 1.54) is 23.6 Å². The first-order valence-corrected chi connectivity index (χ1v) is 26.9. The van der Waals surface area contributed by atoms with Gasteiger partial charge in [-0.25, -0.2) is 0 Å². The van der Waals surface area contributed by atoms with Gasteiger partial charge in [0.25, 0.3) is 0 Å². The summed E-state index contributed by atoms with van der Waals surface area (Å²) in [5, 5.41) is 6.65. The molecule has 6 atom stereocenters. The van der Waals surface area contributed by atoms with Crippen molar-refractivity contribution in [3.05, 3.63) is 142 Å². The lowest BCUT2D eigenvalue weighted by molar-refractivity contribution is -0.145. The van der Waals surface area contributed by atoms with Gasteiger partial charge in [0.15, 0.2) is 0 Å². The zero-order chi connectivity index (χ0) is 59.7. The summed E-state index contributed by atoms with van der Waals surface area (Å²) in [5.41, 5.74) is -7.23. The molecule has 0 aromatic heterocycles. The van der Waals surface area contributed by atoms with E-state index in [2.05, 4.69) is 31.3 Å². The number of likely N-dealkylation sites (tertiary alicyclic amines) is 2. The molecule has 4 aromatic rings. The average Bonchev–Trinajstić information content (AvgIpc) is 4.44. The van der Waals surface area contributed by atoms with Crippen LogP contribution in [0.1, 0.15) is 129 Å². The minimum absolute atomic E-state index is 0.0660. The molecule has 4 heterocycles. The van der Waals surface area contributed by atoms with Gasteiger partial charge in [0.2, 0.25) is 23.6 Å². The molecular formula is C56H59BrF12N4O8. The predicted octanol–water partition coefficient (Wildman–Crippen LogP) is 12.1.